The van der Waals surface area contributed by atoms with Crippen molar-refractivity contribution < 1.29 is 14.3 Å². The number of carbonyl (C=O) groups is 2. The Labute approximate surface area is 166 Å². The molecule has 0 atom stereocenters. The Morgan fingerprint density at radius 3 is 1.86 bits per heavy atom. The number of rotatable bonds is 3. The molecular weight excluding hydrogens is 368 g/mol. The third kappa shape index (κ3) is 2.51. The molecule has 2 heterocycles. The highest BCUT2D eigenvalue weighted by molar-refractivity contribution is 6.35. The first-order chi connectivity index (χ1) is 14.1. The highest BCUT2D eigenvalue weighted by Gasteiger charge is 2.38. The Kier molecular flexibility index (Phi) is 3.70. The van der Waals surface area contributed by atoms with Crippen LogP contribution in [0.3, 0.4) is 0 Å². The van der Waals surface area contributed by atoms with Gasteiger partial charge in [-0.25, -0.2) is 4.90 Å². The van der Waals surface area contributed by atoms with Gasteiger partial charge in [0.15, 0.2) is 5.75 Å². The lowest BCUT2D eigenvalue weighted by molar-refractivity contribution is 0.0925. The maximum atomic E-state index is 13.0. The maximum Gasteiger partial charge on any atom is 0.266 e. The van der Waals surface area contributed by atoms with Gasteiger partial charge in [-0.05, 0) is 48.9 Å². The van der Waals surface area contributed by atoms with E-state index in [1.165, 1.54) is 11.9 Å². The van der Waals surface area contributed by atoms with Crippen LogP contribution in [0.2, 0.25) is 0 Å². The first-order valence-electron chi connectivity index (χ1n) is 9.07. The fourth-order valence-electron chi connectivity index (χ4n) is 3.63. The Morgan fingerprint density at radius 2 is 1.31 bits per heavy atom. The van der Waals surface area contributed by atoms with E-state index in [4.69, 9.17) is 4.74 Å². The molecule has 0 bridgehead atoms. The second-order valence-electron chi connectivity index (χ2n) is 6.81. The summed E-state index contributed by atoms with van der Waals surface area (Å²) in [7, 11) is 1.50. The molecular formula is C22H16N4O3. The van der Waals surface area contributed by atoms with Crippen LogP contribution in [0.5, 0.6) is 5.75 Å². The summed E-state index contributed by atoms with van der Waals surface area (Å²) in [5, 5.41) is 9.03. The third-order valence-electron chi connectivity index (χ3n) is 4.94. The van der Waals surface area contributed by atoms with Gasteiger partial charge in [0.25, 0.3) is 11.8 Å². The fourth-order valence-corrected chi connectivity index (χ4v) is 3.63. The minimum Gasteiger partial charge on any atom is -0.492 e. The largest absolute Gasteiger partial charge is 0.492 e. The summed E-state index contributed by atoms with van der Waals surface area (Å²) < 4.78 is 5.64. The van der Waals surface area contributed by atoms with Crippen molar-refractivity contribution in [2.24, 2.45) is 0 Å². The number of anilines is 1. The van der Waals surface area contributed by atoms with Gasteiger partial charge in [-0.15, -0.1) is 15.0 Å². The summed E-state index contributed by atoms with van der Waals surface area (Å²) in [4.78, 5) is 28.6. The fraction of sp³-hybridized carbons (Fsp3) is 0.0909. The van der Waals surface area contributed by atoms with E-state index in [9.17, 15) is 9.59 Å². The molecule has 2 amide bonds. The Bertz CT molecular complexity index is 1240. The van der Waals surface area contributed by atoms with E-state index in [0.29, 0.717) is 28.3 Å². The molecule has 0 spiro atoms. The van der Waals surface area contributed by atoms with Gasteiger partial charge < -0.3 is 4.74 Å². The van der Waals surface area contributed by atoms with E-state index in [-0.39, 0.29) is 11.8 Å². The molecule has 0 N–H and O–H groups in total. The van der Waals surface area contributed by atoms with Crippen LogP contribution in [0.15, 0.2) is 60.7 Å². The van der Waals surface area contributed by atoms with Crippen LogP contribution in [-0.4, -0.2) is 33.9 Å². The van der Waals surface area contributed by atoms with Gasteiger partial charge in [0.1, 0.15) is 16.7 Å². The minimum atomic E-state index is -0.376. The van der Waals surface area contributed by atoms with E-state index in [0.717, 1.165) is 21.5 Å². The minimum absolute atomic E-state index is 0.352. The first kappa shape index (κ1) is 17.1. The Hall–Kier alpha value is -4.00. The summed E-state index contributed by atoms with van der Waals surface area (Å²) in [6, 6.07) is 17.9. The van der Waals surface area contributed by atoms with Crippen LogP contribution in [0.25, 0.3) is 16.7 Å². The molecule has 7 nitrogen and oxygen atoms in total. The number of hydrogen-bond acceptors (Lipinski definition) is 5. The van der Waals surface area contributed by atoms with Crippen molar-refractivity contribution >= 4 is 28.5 Å². The van der Waals surface area contributed by atoms with Gasteiger partial charge in [-0.3, -0.25) is 9.59 Å². The molecule has 4 aromatic rings. The number of methoxy groups -OCH3 is 1. The molecule has 5 rings (SSSR count). The normalized spacial score (nSPS) is 13.2. The molecule has 0 fully saturated rings. The maximum absolute atomic E-state index is 13.0. The van der Waals surface area contributed by atoms with Crippen molar-refractivity contribution in [2.75, 3.05) is 12.0 Å². The number of carbonyl (C=O) groups excluding carboxylic acids is 2. The van der Waals surface area contributed by atoms with Crippen LogP contribution in [0.1, 0.15) is 26.3 Å². The number of amides is 2. The molecule has 3 aromatic carbocycles. The molecule has 1 aliphatic heterocycles. The topological polar surface area (TPSA) is 77.3 Å². The summed E-state index contributed by atoms with van der Waals surface area (Å²) >= 11 is 0. The standard InChI is InChI=1S/C22H16N4O3/c1-13-11-18(25-21(27)14-7-3-4-8-15(14)22(25)28)20(29-2)19(12-13)26-23-16-9-5-6-10-17(16)24-26/h3-12H,1-2H3. The molecule has 29 heavy (non-hydrogen) atoms. The van der Waals surface area contributed by atoms with E-state index in [1.54, 1.807) is 30.3 Å². The molecule has 1 aliphatic rings. The molecule has 0 unspecified atom stereocenters. The lowest BCUT2D eigenvalue weighted by Crippen LogP contribution is -2.30. The molecule has 0 saturated carbocycles. The van der Waals surface area contributed by atoms with Gasteiger partial charge in [0, 0.05) is 0 Å². The predicted molar refractivity (Wildman–Crippen MR) is 108 cm³/mol. The highest BCUT2D eigenvalue weighted by atomic mass is 16.5. The van der Waals surface area contributed by atoms with Crippen molar-refractivity contribution in [3.63, 3.8) is 0 Å². The molecule has 1 aromatic heterocycles. The number of imide groups is 1. The summed E-state index contributed by atoms with van der Waals surface area (Å²) in [5.41, 5.74) is 3.99. The van der Waals surface area contributed by atoms with Gasteiger partial charge in [-0.1, -0.05) is 24.3 Å². The second kappa shape index (κ2) is 6.27. The number of benzene rings is 3. The van der Waals surface area contributed by atoms with Crippen LogP contribution >= 0.6 is 0 Å². The van der Waals surface area contributed by atoms with Crippen molar-refractivity contribution in [2.45, 2.75) is 6.92 Å². The van der Waals surface area contributed by atoms with Gasteiger partial charge in [-0.2, -0.15) is 0 Å². The number of ether oxygens (including phenoxy) is 1. The predicted octanol–water partition coefficient (Wildman–Crippen LogP) is 3.54. The lowest BCUT2D eigenvalue weighted by atomic mass is 10.1. The quantitative estimate of drug-likeness (QED) is 0.505. The van der Waals surface area contributed by atoms with Crippen molar-refractivity contribution in [1.29, 1.82) is 0 Å². The van der Waals surface area contributed by atoms with Gasteiger partial charge >= 0.3 is 0 Å². The smallest absolute Gasteiger partial charge is 0.266 e. The summed E-state index contributed by atoms with van der Waals surface area (Å²) in [6.07, 6.45) is 0. The highest BCUT2D eigenvalue weighted by Crippen LogP contribution is 2.39. The molecule has 0 aliphatic carbocycles. The summed E-state index contributed by atoms with van der Waals surface area (Å²) in [5.74, 6) is -0.400. The van der Waals surface area contributed by atoms with Crippen molar-refractivity contribution in [3.8, 4) is 11.4 Å². The third-order valence-corrected chi connectivity index (χ3v) is 4.94. The number of aromatic nitrogens is 3. The van der Waals surface area contributed by atoms with Gasteiger partial charge in [0.05, 0.1) is 23.9 Å². The van der Waals surface area contributed by atoms with Crippen LogP contribution in [0.4, 0.5) is 5.69 Å². The van der Waals surface area contributed by atoms with Crippen molar-refractivity contribution in [3.05, 3.63) is 77.4 Å². The van der Waals surface area contributed by atoms with Crippen LogP contribution < -0.4 is 9.64 Å². The number of fused-ring (bicyclic) bond motifs is 2. The molecule has 0 saturated heterocycles. The average molecular weight is 384 g/mol. The zero-order valence-corrected chi connectivity index (χ0v) is 15.8. The summed E-state index contributed by atoms with van der Waals surface area (Å²) in [6.45, 7) is 1.88. The second-order valence-corrected chi connectivity index (χ2v) is 6.81. The van der Waals surface area contributed by atoms with Crippen LogP contribution in [-0.2, 0) is 0 Å². The van der Waals surface area contributed by atoms with E-state index in [2.05, 4.69) is 10.2 Å². The first-order valence-corrected chi connectivity index (χ1v) is 9.07. The van der Waals surface area contributed by atoms with Crippen molar-refractivity contribution in [1.82, 2.24) is 15.0 Å². The number of hydrogen-bond donors (Lipinski definition) is 0. The van der Waals surface area contributed by atoms with Crippen LogP contribution in [0, 0.1) is 6.92 Å². The Balaban J connectivity index is 1.71. The molecule has 142 valence electrons. The average Bonchev–Trinajstić information content (AvgIpc) is 3.27. The zero-order chi connectivity index (χ0) is 20.1. The van der Waals surface area contributed by atoms with E-state index >= 15 is 0 Å². The lowest BCUT2D eigenvalue weighted by Gasteiger charge is -2.20. The Morgan fingerprint density at radius 1 is 0.793 bits per heavy atom. The number of aryl methyl sites for hydroxylation is 1. The SMILES string of the molecule is COc1c(N2C(=O)c3ccccc3C2=O)cc(C)cc1-n1nc2ccccc2n1. The monoisotopic (exact) mass is 384 g/mol. The molecule has 7 heteroatoms. The molecule has 0 radical (unpaired) electrons. The van der Waals surface area contributed by atoms with E-state index < -0.39 is 0 Å². The zero-order valence-electron chi connectivity index (χ0n) is 15.8. The number of nitrogens with zero attached hydrogens (tertiary/aromatic N) is 4. The van der Waals surface area contributed by atoms with Gasteiger partial charge in [0.2, 0.25) is 0 Å². The van der Waals surface area contributed by atoms with E-state index in [1.807, 2.05) is 37.3 Å².